The van der Waals surface area contributed by atoms with Crippen LogP contribution in [0.1, 0.15) is 11.1 Å². The molecule has 0 aliphatic carbocycles. The van der Waals surface area contributed by atoms with Gasteiger partial charge in [0, 0.05) is 10.6 Å². The van der Waals surface area contributed by atoms with Crippen LogP contribution < -0.4 is 10.6 Å². The minimum Gasteiger partial charge on any atom is -0.305 e. The molecular weight excluding hydrogens is 426 g/mol. The van der Waals surface area contributed by atoms with Crippen LogP contribution in [0.5, 0.6) is 0 Å². The zero-order valence-corrected chi connectivity index (χ0v) is 14.2. The second-order valence-electron chi connectivity index (χ2n) is 5.51. The Morgan fingerprint density at radius 2 is 1.04 bits per heavy atom. The molecule has 0 radical (unpaired) electrons. The van der Waals surface area contributed by atoms with Crippen molar-refractivity contribution in [3.63, 3.8) is 0 Å². The minimum atomic E-state index is -5.77. The third kappa shape index (κ3) is 4.24. The van der Waals surface area contributed by atoms with Crippen LogP contribution >= 0.6 is 7.14 Å². The van der Waals surface area contributed by atoms with E-state index in [9.17, 15) is 48.9 Å². The van der Waals surface area contributed by atoms with Crippen LogP contribution in [-0.4, -0.2) is 11.7 Å². The van der Waals surface area contributed by atoms with Gasteiger partial charge in [0.05, 0.1) is 11.1 Å². The van der Waals surface area contributed by atoms with Crippen LogP contribution in [0, 0.1) is 0 Å². The molecule has 2 rings (SSSR count). The smallest absolute Gasteiger partial charge is 0.305 e. The zero-order chi connectivity index (χ0) is 21.5. The van der Waals surface area contributed by atoms with E-state index in [0.29, 0.717) is 36.4 Å². The first-order valence-corrected chi connectivity index (χ1v) is 8.86. The number of benzene rings is 2. The first-order valence-electron chi connectivity index (χ1n) is 7.15. The van der Waals surface area contributed by atoms with Gasteiger partial charge in [0.25, 0.3) is 0 Å². The van der Waals surface area contributed by atoms with Gasteiger partial charge in [-0.2, -0.15) is 39.5 Å². The van der Waals surface area contributed by atoms with Crippen molar-refractivity contribution in [1.29, 1.82) is 0 Å². The fourth-order valence-corrected chi connectivity index (χ4v) is 4.68. The lowest BCUT2D eigenvalue weighted by atomic mass is 10.2. The van der Waals surface area contributed by atoms with E-state index >= 15 is 0 Å². The summed E-state index contributed by atoms with van der Waals surface area (Å²) in [5, 5.41) is -2.35. The van der Waals surface area contributed by atoms with Crippen molar-refractivity contribution in [2.24, 2.45) is 0 Å². The van der Waals surface area contributed by atoms with Crippen LogP contribution in [0.25, 0.3) is 0 Å². The Morgan fingerprint density at radius 3 is 1.32 bits per heavy atom. The lowest BCUT2D eigenvalue weighted by Gasteiger charge is -2.21. The number of hydrogen-bond acceptors (Lipinski definition) is 2. The summed E-state index contributed by atoms with van der Waals surface area (Å²) in [6.45, 7) is 0. The van der Waals surface area contributed by atoms with Gasteiger partial charge in [-0.15, -0.1) is 0 Å². The molecule has 152 valence electrons. The molecule has 0 spiro atoms. The molecule has 0 fully saturated rings. The van der Waals surface area contributed by atoms with Gasteiger partial charge >= 0.3 is 24.1 Å². The number of hydrogen-bond donors (Lipinski definition) is 0. The standard InChI is InChI=1S/C16H8F9O2P/c17-14(18,19)9-3-1-5-11(7-9)28(27,13(26)16(23,24)25)12-6-2-4-10(8-12)15(20,21)22/h1-8H. The molecule has 28 heavy (non-hydrogen) atoms. The second-order valence-corrected chi connectivity index (χ2v) is 8.17. The quantitative estimate of drug-likeness (QED) is 0.496. The zero-order valence-electron chi connectivity index (χ0n) is 13.3. The highest BCUT2D eigenvalue weighted by Crippen LogP contribution is 2.50. The van der Waals surface area contributed by atoms with E-state index in [-0.39, 0.29) is 12.1 Å². The molecule has 0 saturated heterocycles. The molecule has 0 aliphatic heterocycles. The maximum atomic E-state index is 13.1. The molecular formula is C16H8F9O2P. The molecule has 0 aliphatic rings. The van der Waals surface area contributed by atoms with E-state index < -0.39 is 52.9 Å². The number of carbonyl (C=O) groups excluding carboxylic acids is 1. The Bertz CT molecular complexity index is 881. The van der Waals surface area contributed by atoms with Gasteiger partial charge in [-0.25, -0.2) is 0 Å². The van der Waals surface area contributed by atoms with E-state index in [2.05, 4.69) is 0 Å². The van der Waals surface area contributed by atoms with E-state index in [0.717, 1.165) is 0 Å². The van der Waals surface area contributed by atoms with Crippen LogP contribution in [0.3, 0.4) is 0 Å². The molecule has 2 aromatic carbocycles. The molecule has 0 amide bonds. The summed E-state index contributed by atoms with van der Waals surface area (Å²) in [6, 6.07) is 3.40. The largest absolute Gasteiger partial charge is 0.458 e. The second kappa shape index (κ2) is 6.95. The van der Waals surface area contributed by atoms with Crippen molar-refractivity contribution in [3.05, 3.63) is 59.7 Å². The molecule has 0 N–H and O–H groups in total. The molecule has 0 atom stereocenters. The Balaban J connectivity index is 2.81. The van der Waals surface area contributed by atoms with Crippen LogP contribution in [0.15, 0.2) is 48.5 Å². The number of halogens is 9. The van der Waals surface area contributed by atoms with Crippen LogP contribution in [0.4, 0.5) is 39.5 Å². The minimum absolute atomic E-state index is 0.0602. The van der Waals surface area contributed by atoms with Gasteiger partial charge in [0.2, 0.25) is 7.14 Å². The summed E-state index contributed by atoms with van der Waals surface area (Å²) >= 11 is 0. The summed E-state index contributed by atoms with van der Waals surface area (Å²) < 4.78 is 129. The molecule has 0 unspecified atom stereocenters. The van der Waals surface area contributed by atoms with Gasteiger partial charge in [0.15, 0.2) is 0 Å². The molecule has 0 aromatic heterocycles. The summed E-state index contributed by atoms with van der Waals surface area (Å²) in [5.41, 5.74) is -5.95. The summed E-state index contributed by atoms with van der Waals surface area (Å²) in [6.07, 6.45) is -15.9. The van der Waals surface area contributed by atoms with Crippen molar-refractivity contribution in [2.45, 2.75) is 18.5 Å². The summed E-state index contributed by atoms with van der Waals surface area (Å²) in [7, 11) is -5.59. The molecule has 0 heterocycles. The third-order valence-electron chi connectivity index (χ3n) is 3.60. The van der Waals surface area contributed by atoms with Gasteiger partial charge in [0.1, 0.15) is 0 Å². The van der Waals surface area contributed by atoms with Gasteiger partial charge < -0.3 is 4.57 Å². The lowest BCUT2D eigenvalue weighted by molar-refractivity contribution is -0.161. The van der Waals surface area contributed by atoms with E-state index in [1.54, 1.807) is 0 Å². The molecule has 0 saturated carbocycles. The number of carbonyl (C=O) groups is 1. The SMILES string of the molecule is O=C(C(F)(F)F)P(=O)(c1cccc(C(F)(F)F)c1)c1cccc(C(F)(F)F)c1. The average Bonchev–Trinajstić information content (AvgIpc) is 2.58. The predicted octanol–water partition coefficient (Wildman–Crippen LogP) is 5.13. The highest BCUT2D eigenvalue weighted by atomic mass is 31.2. The van der Waals surface area contributed by atoms with Crippen molar-refractivity contribution in [1.82, 2.24) is 0 Å². The fraction of sp³-hybridized carbons (Fsp3) is 0.188. The van der Waals surface area contributed by atoms with Crippen molar-refractivity contribution >= 4 is 23.3 Å². The van der Waals surface area contributed by atoms with Crippen molar-refractivity contribution in [3.8, 4) is 0 Å². The van der Waals surface area contributed by atoms with Gasteiger partial charge in [-0.3, -0.25) is 4.79 Å². The molecule has 2 aromatic rings. The Hall–Kier alpha value is -2.29. The molecule has 0 bridgehead atoms. The highest BCUT2D eigenvalue weighted by Gasteiger charge is 2.53. The third-order valence-corrected chi connectivity index (χ3v) is 6.44. The van der Waals surface area contributed by atoms with E-state index in [1.165, 1.54) is 0 Å². The number of alkyl halides is 9. The first-order chi connectivity index (χ1) is 12.6. The Morgan fingerprint density at radius 1 is 0.679 bits per heavy atom. The van der Waals surface area contributed by atoms with Crippen LogP contribution in [-0.2, 0) is 21.7 Å². The average molecular weight is 434 g/mol. The van der Waals surface area contributed by atoms with E-state index in [1.807, 2.05) is 0 Å². The molecule has 2 nitrogen and oxygen atoms in total. The molecule has 12 heteroatoms. The Kier molecular flexibility index (Phi) is 5.46. The summed E-state index contributed by atoms with van der Waals surface area (Å²) in [5.74, 6) is 0. The van der Waals surface area contributed by atoms with Crippen molar-refractivity contribution < 1.29 is 48.9 Å². The lowest BCUT2D eigenvalue weighted by Crippen LogP contribution is -2.33. The van der Waals surface area contributed by atoms with E-state index in [4.69, 9.17) is 0 Å². The maximum absolute atomic E-state index is 13.1. The maximum Gasteiger partial charge on any atom is 0.458 e. The fourth-order valence-electron chi connectivity index (χ4n) is 2.32. The monoisotopic (exact) mass is 434 g/mol. The normalized spacial score (nSPS) is 13.5. The van der Waals surface area contributed by atoms with Crippen molar-refractivity contribution in [2.75, 3.05) is 0 Å². The van der Waals surface area contributed by atoms with Crippen LogP contribution in [0.2, 0.25) is 0 Å². The predicted molar refractivity (Wildman–Crippen MR) is 80.8 cm³/mol. The number of rotatable bonds is 3. The Labute approximate surface area is 151 Å². The topological polar surface area (TPSA) is 34.1 Å². The van der Waals surface area contributed by atoms with Gasteiger partial charge in [-0.1, -0.05) is 24.3 Å². The highest BCUT2D eigenvalue weighted by molar-refractivity contribution is 7.93. The first kappa shape index (κ1) is 22.0. The summed E-state index contributed by atoms with van der Waals surface area (Å²) in [4.78, 5) is 11.9. The van der Waals surface area contributed by atoms with Gasteiger partial charge in [-0.05, 0) is 24.3 Å².